The molecule has 8 nitrogen and oxygen atoms in total. The maximum Gasteiger partial charge on any atom is 0.237 e. The van der Waals surface area contributed by atoms with Gasteiger partial charge >= 0.3 is 0 Å². The fourth-order valence-electron chi connectivity index (χ4n) is 5.56. The van der Waals surface area contributed by atoms with Crippen LogP contribution in [0.4, 0.5) is 0 Å². The molecule has 3 fully saturated rings. The Kier molecular flexibility index (Phi) is 4.63. The first-order chi connectivity index (χ1) is 13.7. The number of carbonyl (C=O) groups is 2. The van der Waals surface area contributed by atoms with Gasteiger partial charge in [-0.15, -0.1) is 0 Å². The number of nitrogens with two attached hydrogens (primary N) is 1. The third-order valence-corrected chi connectivity index (χ3v) is 7.50. The van der Waals surface area contributed by atoms with Gasteiger partial charge in [0.15, 0.2) is 0 Å². The van der Waals surface area contributed by atoms with Crippen molar-refractivity contribution in [2.24, 2.45) is 23.5 Å². The van der Waals surface area contributed by atoms with Gasteiger partial charge in [-0.3, -0.25) is 19.7 Å². The van der Waals surface area contributed by atoms with Gasteiger partial charge in [-0.2, -0.15) is 5.10 Å². The molecule has 0 aromatic carbocycles. The summed E-state index contributed by atoms with van der Waals surface area (Å²) in [4.78, 5) is 27.0. The number of nitrogens with zero attached hydrogens (tertiary/aromatic N) is 3. The Labute approximate surface area is 165 Å². The summed E-state index contributed by atoms with van der Waals surface area (Å²) < 4.78 is 2.08. The van der Waals surface area contributed by atoms with E-state index in [1.165, 1.54) is 17.7 Å². The molecule has 2 aliphatic carbocycles. The number of rotatable bonds is 3. The molecule has 1 saturated heterocycles. The molecule has 1 aromatic rings. The Balaban J connectivity index is 1.34. The summed E-state index contributed by atoms with van der Waals surface area (Å²) in [6.07, 6.45) is 8.09. The lowest BCUT2D eigenvalue weighted by Gasteiger charge is -2.43. The van der Waals surface area contributed by atoms with Crippen LogP contribution < -0.4 is 16.6 Å². The molecule has 0 bridgehead atoms. The van der Waals surface area contributed by atoms with Crippen molar-refractivity contribution in [3.05, 3.63) is 17.5 Å². The van der Waals surface area contributed by atoms with Crippen molar-refractivity contribution < 1.29 is 9.59 Å². The zero-order valence-electron chi connectivity index (χ0n) is 16.3. The molecule has 5 rings (SSSR count). The first-order valence-corrected chi connectivity index (χ1v) is 10.7. The smallest absolute Gasteiger partial charge is 0.237 e. The van der Waals surface area contributed by atoms with Crippen LogP contribution in [-0.2, 0) is 22.7 Å². The number of hydrogen-bond donors (Lipinski definition) is 3. The van der Waals surface area contributed by atoms with Crippen LogP contribution in [0.2, 0.25) is 0 Å². The normalized spacial score (nSPS) is 32.9. The number of amides is 2. The SMILES string of the molecule is NCC1NNC(=O)C2CCC(c3cnn4c3CN(C(=O)C3CCC3)CC4)CC12. The molecule has 2 amide bonds. The number of hydrazine groups is 1. The maximum atomic E-state index is 12.7. The largest absolute Gasteiger partial charge is 0.335 e. The fourth-order valence-corrected chi connectivity index (χ4v) is 5.56. The summed E-state index contributed by atoms with van der Waals surface area (Å²) in [5, 5.41) is 4.62. The zero-order chi connectivity index (χ0) is 19.3. The van der Waals surface area contributed by atoms with E-state index in [0.717, 1.165) is 45.2 Å². The minimum absolute atomic E-state index is 0.0501. The number of fused-ring (bicyclic) bond motifs is 2. The predicted molar refractivity (Wildman–Crippen MR) is 103 cm³/mol. The number of hydrogen-bond acceptors (Lipinski definition) is 5. The predicted octanol–water partition coefficient (Wildman–Crippen LogP) is 0.487. The summed E-state index contributed by atoms with van der Waals surface area (Å²) in [5.41, 5.74) is 14.3. The van der Waals surface area contributed by atoms with Crippen LogP contribution >= 0.6 is 0 Å². The number of carbonyl (C=O) groups excluding carboxylic acids is 2. The van der Waals surface area contributed by atoms with Gasteiger partial charge in [-0.05, 0) is 49.5 Å². The highest BCUT2D eigenvalue weighted by molar-refractivity contribution is 5.80. The van der Waals surface area contributed by atoms with Crippen LogP contribution in [0, 0.1) is 17.8 Å². The zero-order valence-corrected chi connectivity index (χ0v) is 16.3. The molecular weight excluding hydrogens is 356 g/mol. The van der Waals surface area contributed by atoms with Gasteiger partial charge in [0.1, 0.15) is 0 Å². The number of nitrogens with one attached hydrogen (secondary N) is 2. The van der Waals surface area contributed by atoms with E-state index in [1.54, 1.807) is 0 Å². The molecule has 4 unspecified atom stereocenters. The first-order valence-electron chi connectivity index (χ1n) is 10.7. The van der Waals surface area contributed by atoms with Crippen molar-refractivity contribution in [1.29, 1.82) is 0 Å². The van der Waals surface area contributed by atoms with Crippen molar-refractivity contribution >= 4 is 11.8 Å². The average Bonchev–Trinajstić information content (AvgIpc) is 3.10. The Morgan fingerprint density at radius 3 is 2.86 bits per heavy atom. The van der Waals surface area contributed by atoms with Gasteiger partial charge in [0.2, 0.25) is 11.8 Å². The molecule has 2 aliphatic heterocycles. The second-order valence-electron chi connectivity index (χ2n) is 8.91. The van der Waals surface area contributed by atoms with E-state index in [2.05, 4.69) is 20.6 Å². The summed E-state index contributed by atoms with van der Waals surface area (Å²) in [7, 11) is 0. The Hall–Kier alpha value is -1.93. The van der Waals surface area contributed by atoms with Gasteiger partial charge in [-0.1, -0.05) is 6.42 Å². The van der Waals surface area contributed by atoms with Crippen molar-refractivity contribution in [2.75, 3.05) is 13.1 Å². The highest BCUT2D eigenvalue weighted by Crippen LogP contribution is 2.43. The summed E-state index contributed by atoms with van der Waals surface area (Å²) in [6, 6.07) is 0.119. The van der Waals surface area contributed by atoms with Crippen LogP contribution in [0.25, 0.3) is 0 Å². The van der Waals surface area contributed by atoms with E-state index < -0.39 is 0 Å². The lowest BCUT2D eigenvalue weighted by Crippen LogP contribution is -2.62. The van der Waals surface area contributed by atoms with Crippen molar-refractivity contribution in [3.8, 4) is 0 Å². The van der Waals surface area contributed by atoms with Crippen LogP contribution in [0.15, 0.2) is 6.20 Å². The molecule has 0 radical (unpaired) electrons. The van der Waals surface area contributed by atoms with E-state index in [4.69, 9.17) is 5.73 Å². The van der Waals surface area contributed by atoms with E-state index in [0.29, 0.717) is 24.9 Å². The van der Waals surface area contributed by atoms with Gasteiger partial charge in [0.25, 0.3) is 0 Å². The van der Waals surface area contributed by atoms with Crippen LogP contribution in [0.5, 0.6) is 0 Å². The highest BCUT2D eigenvalue weighted by atomic mass is 16.2. The molecule has 3 heterocycles. The Morgan fingerprint density at radius 2 is 2.11 bits per heavy atom. The average molecular weight is 387 g/mol. The van der Waals surface area contributed by atoms with E-state index in [9.17, 15) is 9.59 Å². The van der Waals surface area contributed by atoms with Crippen LogP contribution in [0.3, 0.4) is 0 Å². The third-order valence-electron chi connectivity index (χ3n) is 7.50. The van der Waals surface area contributed by atoms with Crippen LogP contribution in [-0.4, -0.2) is 45.6 Å². The molecule has 4 atom stereocenters. The van der Waals surface area contributed by atoms with Gasteiger partial charge in [-0.25, -0.2) is 5.43 Å². The van der Waals surface area contributed by atoms with Gasteiger partial charge < -0.3 is 10.6 Å². The second kappa shape index (κ2) is 7.15. The molecule has 4 aliphatic rings. The molecular formula is C20H30N6O2. The minimum atomic E-state index is 0.0501. The van der Waals surface area contributed by atoms with Crippen LogP contribution in [0.1, 0.15) is 55.7 Å². The summed E-state index contributed by atoms with van der Waals surface area (Å²) >= 11 is 0. The maximum absolute atomic E-state index is 12.7. The molecule has 28 heavy (non-hydrogen) atoms. The fraction of sp³-hybridized carbons (Fsp3) is 0.750. The lowest BCUT2D eigenvalue weighted by atomic mass is 9.68. The van der Waals surface area contributed by atoms with Crippen molar-refractivity contribution in [3.63, 3.8) is 0 Å². The molecule has 0 spiro atoms. The number of aromatic nitrogens is 2. The third kappa shape index (κ3) is 2.93. The molecule has 152 valence electrons. The molecule has 8 heteroatoms. The molecule has 4 N–H and O–H groups in total. The quantitative estimate of drug-likeness (QED) is 0.701. The molecule has 1 aromatic heterocycles. The summed E-state index contributed by atoms with van der Waals surface area (Å²) in [6.45, 7) is 2.73. The van der Waals surface area contributed by atoms with Crippen molar-refractivity contribution in [2.45, 2.75) is 63.6 Å². The second-order valence-corrected chi connectivity index (χ2v) is 8.91. The monoisotopic (exact) mass is 386 g/mol. The Bertz CT molecular complexity index is 773. The first kappa shape index (κ1) is 18.1. The van der Waals surface area contributed by atoms with Gasteiger partial charge in [0.05, 0.1) is 25.0 Å². The Morgan fingerprint density at radius 1 is 1.25 bits per heavy atom. The minimum Gasteiger partial charge on any atom is -0.335 e. The van der Waals surface area contributed by atoms with E-state index >= 15 is 0 Å². The van der Waals surface area contributed by atoms with E-state index in [-0.39, 0.29) is 29.7 Å². The van der Waals surface area contributed by atoms with Gasteiger partial charge in [0, 0.05) is 31.0 Å². The standard InChI is InChI=1S/C20H30N6O2/c21-9-17-15-8-13(4-5-14(15)19(27)24-23-17)16-10-22-26-7-6-25(11-18(16)26)20(28)12-2-1-3-12/h10,12-15,17,23H,1-9,11,21H2,(H,24,27). The van der Waals surface area contributed by atoms with E-state index in [1.807, 2.05) is 11.1 Å². The topological polar surface area (TPSA) is 105 Å². The lowest BCUT2D eigenvalue weighted by molar-refractivity contribution is -0.139. The van der Waals surface area contributed by atoms with Crippen molar-refractivity contribution in [1.82, 2.24) is 25.5 Å². The molecule has 2 saturated carbocycles. The summed E-state index contributed by atoms with van der Waals surface area (Å²) in [5.74, 6) is 1.35. The highest BCUT2D eigenvalue weighted by Gasteiger charge is 2.43.